The molecular weight excluding hydrogens is 304 g/mol. The number of Topliss-reactive ketones (excluding diaryl/α,β-unsaturated/α-hetero) is 1. The van der Waals surface area contributed by atoms with Gasteiger partial charge in [0.05, 0.1) is 12.7 Å². The van der Waals surface area contributed by atoms with Crippen molar-refractivity contribution in [3.05, 3.63) is 0 Å². The van der Waals surface area contributed by atoms with Crippen molar-refractivity contribution >= 4 is 17.5 Å². The normalized spacial score (nSPS) is 21.1. The van der Waals surface area contributed by atoms with Crippen molar-refractivity contribution in [2.45, 2.75) is 79.8 Å². The van der Waals surface area contributed by atoms with Crippen LogP contribution in [0, 0.1) is 22.7 Å². The molecule has 0 saturated carbocycles. The molecule has 1 aliphatic heterocycles. The largest absolute Gasteiger partial charge is 0.373 e. The van der Waals surface area contributed by atoms with Gasteiger partial charge < -0.3 is 4.74 Å². The Morgan fingerprint density at radius 3 is 2.30 bits per heavy atom. The van der Waals surface area contributed by atoms with Crippen LogP contribution in [-0.2, 0) is 9.53 Å². The molecule has 1 fully saturated rings. The van der Waals surface area contributed by atoms with Gasteiger partial charge in [-0.2, -0.15) is 11.8 Å². The molecule has 1 aliphatic rings. The van der Waals surface area contributed by atoms with E-state index in [1.807, 2.05) is 11.8 Å². The molecule has 136 valence electrons. The molecule has 0 radical (unpaired) electrons. The number of carbonyl (C=O) groups is 1. The maximum atomic E-state index is 12.2. The van der Waals surface area contributed by atoms with Crippen LogP contribution in [0.4, 0.5) is 0 Å². The number of carbonyl (C=O) groups excluding carboxylic acids is 1. The van der Waals surface area contributed by atoms with E-state index in [1.165, 1.54) is 12.2 Å². The summed E-state index contributed by atoms with van der Waals surface area (Å²) in [7, 11) is 0. The Bertz CT molecular complexity index is 372. The maximum absolute atomic E-state index is 12.2. The van der Waals surface area contributed by atoms with Gasteiger partial charge >= 0.3 is 0 Å². The van der Waals surface area contributed by atoms with E-state index >= 15 is 0 Å². The highest BCUT2D eigenvalue weighted by Crippen LogP contribution is 2.41. The minimum Gasteiger partial charge on any atom is -0.373 e. The molecule has 0 aromatic carbocycles. The molecule has 1 heterocycles. The molecule has 0 aromatic heterocycles. The van der Waals surface area contributed by atoms with E-state index in [0.717, 1.165) is 32.3 Å². The van der Waals surface area contributed by atoms with Crippen LogP contribution in [0.15, 0.2) is 0 Å². The molecule has 3 atom stereocenters. The molecule has 1 saturated heterocycles. The van der Waals surface area contributed by atoms with Gasteiger partial charge in [-0.05, 0) is 61.4 Å². The minimum absolute atomic E-state index is 0.207. The third-order valence-corrected chi connectivity index (χ3v) is 6.13. The average Bonchev–Trinajstić information content (AvgIpc) is 3.18. The van der Waals surface area contributed by atoms with Gasteiger partial charge in [-0.25, -0.2) is 0 Å². The Labute approximate surface area is 148 Å². The van der Waals surface area contributed by atoms with Crippen LogP contribution in [-0.4, -0.2) is 30.5 Å². The topological polar surface area (TPSA) is 29.6 Å². The summed E-state index contributed by atoms with van der Waals surface area (Å²) in [6.45, 7) is 14.4. The summed E-state index contributed by atoms with van der Waals surface area (Å²) in [6.07, 6.45) is 8.17. The zero-order valence-electron chi connectivity index (χ0n) is 16.4. The first-order chi connectivity index (χ1) is 10.6. The lowest BCUT2D eigenvalue weighted by Gasteiger charge is -2.37. The molecule has 0 N–H and O–H groups in total. The molecule has 23 heavy (non-hydrogen) atoms. The van der Waals surface area contributed by atoms with E-state index < -0.39 is 0 Å². The van der Waals surface area contributed by atoms with Crippen LogP contribution in [0.3, 0.4) is 0 Å². The van der Waals surface area contributed by atoms with Crippen molar-refractivity contribution < 1.29 is 9.53 Å². The highest BCUT2D eigenvalue weighted by molar-refractivity contribution is 7.98. The second-order valence-corrected chi connectivity index (χ2v) is 10.0. The SMILES string of the molecule is CCC(C[C@H]1CO1)C[C@H](CC(C)(C)CC(C)(C)CSC)C(C)=O. The molecule has 0 bridgehead atoms. The maximum Gasteiger partial charge on any atom is 0.132 e. The first-order valence-corrected chi connectivity index (χ1v) is 10.6. The number of hydrogen-bond acceptors (Lipinski definition) is 3. The molecular formula is C20H38O2S. The van der Waals surface area contributed by atoms with Gasteiger partial charge in [-0.15, -0.1) is 0 Å². The molecule has 2 nitrogen and oxygen atoms in total. The van der Waals surface area contributed by atoms with Crippen LogP contribution in [0.25, 0.3) is 0 Å². The summed E-state index contributed by atoms with van der Waals surface area (Å²) in [4.78, 5) is 12.2. The van der Waals surface area contributed by atoms with Gasteiger partial charge in [0, 0.05) is 5.92 Å². The first kappa shape index (κ1) is 21.0. The summed E-state index contributed by atoms with van der Waals surface area (Å²) in [5, 5.41) is 0. The van der Waals surface area contributed by atoms with Gasteiger partial charge in [0.1, 0.15) is 5.78 Å². The molecule has 0 spiro atoms. The highest BCUT2D eigenvalue weighted by Gasteiger charge is 2.34. The monoisotopic (exact) mass is 342 g/mol. The van der Waals surface area contributed by atoms with Crippen molar-refractivity contribution in [1.29, 1.82) is 0 Å². The van der Waals surface area contributed by atoms with Crippen LogP contribution < -0.4 is 0 Å². The van der Waals surface area contributed by atoms with Crippen molar-refractivity contribution in [3.63, 3.8) is 0 Å². The molecule has 1 rings (SSSR count). The van der Waals surface area contributed by atoms with Crippen molar-refractivity contribution in [1.82, 2.24) is 0 Å². The molecule has 1 unspecified atom stereocenters. The second-order valence-electron chi connectivity index (χ2n) is 9.15. The summed E-state index contributed by atoms with van der Waals surface area (Å²) < 4.78 is 5.39. The smallest absolute Gasteiger partial charge is 0.132 e. The number of ketones is 1. The number of ether oxygens (including phenoxy) is 1. The highest BCUT2D eigenvalue weighted by atomic mass is 32.2. The van der Waals surface area contributed by atoms with Crippen molar-refractivity contribution in [2.24, 2.45) is 22.7 Å². The van der Waals surface area contributed by atoms with Gasteiger partial charge in [-0.3, -0.25) is 4.79 Å². The molecule has 0 aliphatic carbocycles. The van der Waals surface area contributed by atoms with Gasteiger partial charge in [0.25, 0.3) is 0 Å². The van der Waals surface area contributed by atoms with Gasteiger partial charge in [-0.1, -0.05) is 41.0 Å². The van der Waals surface area contributed by atoms with Crippen LogP contribution in [0.1, 0.15) is 73.6 Å². The number of thioether (sulfide) groups is 1. The fourth-order valence-corrected chi connectivity index (χ4v) is 5.16. The van der Waals surface area contributed by atoms with Crippen LogP contribution >= 0.6 is 11.8 Å². The van der Waals surface area contributed by atoms with E-state index in [0.29, 0.717) is 23.2 Å². The Balaban J connectivity index is 2.63. The second kappa shape index (κ2) is 8.89. The Morgan fingerprint density at radius 2 is 1.87 bits per heavy atom. The van der Waals surface area contributed by atoms with Gasteiger partial charge in [0.2, 0.25) is 0 Å². The molecule has 0 aromatic rings. The van der Waals surface area contributed by atoms with E-state index in [9.17, 15) is 4.79 Å². The summed E-state index contributed by atoms with van der Waals surface area (Å²) >= 11 is 1.92. The Morgan fingerprint density at radius 1 is 1.26 bits per heavy atom. The first-order valence-electron chi connectivity index (χ1n) is 9.19. The lowest BCUT2D eigenvalue weighted by molar-refractivity contribution is -0.122. The Hall–Kier alpha value is -0.0200. The van der Waals surface area contributed by atoms with E-state index in [1.54, 1.807) is 6.92 Å². The molecule has 0 amide bonds. The predicted molar refractivity (Wildman–Crippen MR) is 102 cm³/mol. The van der Waals surface area contributed by atoms with Crippen LogP contribution in [0.5, 0.6) is 0 Å². The summed E-state index contributed by atoms with van der Waals surface area (Å²) in [6, 6.07) is 0. The van der Waals surface area contributed by atoms with E-state index in [4.69, 9.17) is 4.74 Å². The standard InChI is InChI=1S/C20H38O2S/c1-8-16(10-18-12-22-18)9-17(15(2)21)11-19(3,4)13-20(5,6)14-23-7/h16-18H,8-14H2,1-7H3/t16?,17-,18+/m1/s1. The van der Waals surface area contributed by atoms with Crippen LogP contribution in [0.2, 0.25) is 0 Å². The average molecular weight is 343 g/mol. The lowest BCUT2D eigenvalue weighted by Crippen LogP contribution is -2.30. The number of hydrogen-bond donors (Lipinski definition) is 0. The minimum atomic E-state index is 0.207. The fraction of sp³-hybridized carbons (Fsp3) is 0.950. The van der Waals surface area contributed by atoms with Crippen molar-refractivity contribution in [2.75, 3.05) is 18.6 Å². The number of rotatable bonds is 12. The predicted octanol–water partition coefficient (Wildman–Crippen LogP) is 5.59. The van der Waals surface area contributed by atoms with Crippen molar-refractivity contribution in [3.8, 4) is 0 Å². The summed E-state index contributed by atoms with van der Waals surface area (Å²) in [5.41, 5.74) is 0.542. The third kappa shape index (κ3) is 8.58. The third-order valence-electron chi connectivity index (χ3n) is 5.06. The van der Waals surface area contributed by atoms with Gasteiger partial charge in [0.15, 0.2) is 0 Å². The summed E-state index contributed by atoms with van der Waals surface area (Å²) in [5.74, 6) is 2.39. The zero-order chi connectivity index (χ0) is 17.7. The zero-order valence-corrected chi connectivity index (χ0v) is 17.2. The lowest BCUT2D eigenvalue weighted by atomic mass is 9.69. The Kier molecular flexibility index (Phi) is 8.13. The van der Waals surface area contributed by atoms with E-state index in [2.05, 4.69) is 40.9 Å². The number of epoxide rings is 1. The van der Waals surface area contributed by atoms with E-state index in [-0.39, 0.29) is 11.3 Å². The molecule has 3 heteroatoms. The fourth-order valence-electron chi connectivity index (χ4n) is 4.28. The quantitative estimate of drug-likeness (QED) is 0.433.